The number of hydrogen-bond donors (Lipinski definition) is 1. The number of thioether (sulfide) groups is 1. The molecule has 6 nitrogen and oxygen atoms in total. The number of rotatable bonds is 4. The van der Waals surface area contributed by atoms with Gasteiger partial charge in [0.2, 0.25) is 5.91 Å². The first-order chi connectivity index (χ1) is 13.2. The zero-order valence-electron chi connectivity index (χ0n) is 16.4. The van der Waals surface area contributed by atoms with E-state index >= 15 is 0 Å². The number of fused-ring (bicyclic) bond motifs is 1. The minimum Gasteiger partial charge on any atom is -0.497 e. The average Bonchev–Trinajstić information content (AvgIpc) is 2.63. The minimum atomic E-state index is -0.579. The molecule has 0 aromatic heterocycles. The number of methoxy groups -OCH3 is 1. The van der Waals surface area contributed by atoms with Gasteiger partial charge in [-0.15, -0.1) is 11.8 Å². The van der Waals surface area contributed by atoms with Crippen LogP contribution in [-0.2, 0) is 16.1 Å². The molecule has 0 radical (unpaired) electrons. The SMILES string of the molecule is COc1ccc(CN2C(=O)CSc3ccc(NC(=O)OC(C)(C)C)cc32)cc1. The topological polar surface area (TPSA) is 67.9 Å². The van der Waals surface area contributed by atoms with Crippen LogP contribution in [-0.4, -0.2) is 30.5 Å². The second kappa shape index (κ2) is 8.14. The first kappa shape index (κ1) is 20.1. The lowest BCUT2D eigenvalue weighted by Crippen LogP contribution is -2.35. The van der Waals surface area contributed by atoms with Crippen LogP contribution >= 0.6 is 11.8 Å². The summed E-state index contributed by atoms with van der Waals surface area (Å²) in [4.78, 5) is 27.4. The highest BCUT2D eigenvalue weighted by Gasteiger charge is 2.26. The molecule has 0 saturated carbocycles. The summed E-state index contributed by atoms with van der Waals surface area (Å²) < 4.78 is 10.5. The largest absolute Gasteiger partial charge is 0.497 e. The summed E-state index contributed by atoms with van der Waals surface area (Å²) in [5.41, 5.74) is 1.79. The van der Waals surface area contributed by atoms with Gasteiger partial charge >= 0.3 is 6.09 Å². The lowest BCUT2D eigenvalue weighted by Gasteiger charge is -2.29. The highest BCUT2D eigenvalue weighted by atomic mass is 32.2. The van der Waals surface area contributed by atoms with Crippen molar-refractivity contribution in [2.45, 2.75) is 37.8 Å². The van der Waals surface area contributed by atoms with E-state index in [1.807, 2.05) is 63.2 Å². The number of nitrogens with one attached hydrogen (secondary N) is 1. The van der Waals surface area contributed by atoms with Crippen LogP contribution in [0.25, 0.3) is 0 Å². The molecule has 0 saturated heterocycles. The summed E-state index contributed by atoms with van der Waals surface area (Å²) in [6.07, 6.45) is -0.524. The first-order valence-corrected chi connectivity index (χ1v) is 9.94. The van der Waals surface area contributed by atoms with Crippen molar-refractivity contribution in [2.75, 3.05) is 23.1 Å². The summed E-state index contributed by atoms with van der Waals surface area (Å²) in [7, 11) is 1.62. The first-order valence-electron chi connectivity index (χ1n) is 8.95. The Kier molecular flexibility index (Phi) is 5.84. The molecule has 2 aromatic carbocycles. The molecule has 2 aromatic rings. The van der Waals surface area contributed by atoms with E-state index in [2.05, 4.69) is 5.32 Å². The number of ether oxygens (including phenoxy) is 2. The fourth-order valence-corrected chi connectivity index (χ4v) is 3.70. The Labute approximate surface area is 169 Å². The van der Waals surface area contributed by atoms with Crippen LogP contribution in [0.3, 0.4) is 0 Å². The van der Waals surface area contributed by atoms with Crippen LogP contribution in [0, 0.1) is 0 Å². The Morgan fingerprint density at radius 3 is 2.54 bits per heavy atom. The van der Waals surface area contributed by atoms with Crippen LogP contribution in [0.4, 0.5) is 16.2 Å². The van der Waals surface area contributed by atoms with Gasteiger partial charge in [0.1, 0.15) is 11.4 Å². The third kappa shape index (κ3) is 4.98. The van der Waals surface area contributed by atoms with Crippen molar-refractivity contribution < 1.29 is 19.1 Å². The number of carbonyl (C=O) groups excluding carboxylic acids is 2. The van der Waals surface area contributed by atoms with Gasteiger partial charge in [0.15, 0.2) is 0 Å². The van der Waals surface area contributed by atoms with Crippen molar-refractivity contribution in [3.8, 4) is 5.75 Å². The maximum absolute atomic E-state index is 12.6. The summed E-state index contributed by atoms with van der Waals surface area (Å²) in [6, 6.07) is 13.2. The fraction of sp³-hybridized carbons (Fsp3) is 0.333. The van der Waals surface area contributed by atoms with Crippen molar-refractivity contribution in [3.05, 3.63) is 48.0 Å². The van der Waals surface area contributed by atoms with Crippen molar-refractivity contribution >= 4 is 35.1 Å². The van der Waals surface area contributed by atoms with Gasteiger partial charge in [0.25, 0.3) is 0 Å². The number of nitrogens with zero attached hydrogens (tertiary/aromatic N) is 1. The highest BCUT2D eigenvalue weighted by Crippen LogP contribution is 2.38. The zero-order valence-corrected chi connectivity index (χ0v) is 17.3. The monoisotopic (exact) mass is 400 g/mol. The van der Waals surface area contributed by atoms with Gasteiger partial charge in [-0.25, -0.2) is 4.79 Å². The molecule has 1 heterocycles. The Hall–Kier alpha value is -2.67. The van der Waals surface area contributed by atoms with Crippen LogP contribution in [0.1, 0.15) is 26.3 Å². The maximum Gasteiger partial charge on any atom is 0.412 e. The van der Waals surface area contributed by atoms with E-state index in [0.29, 0.717) is 18.0 Å². The van der Waals surface area contributed by atoms with E-state index in [1.54, 1.807) is 12.0 Å². The third-order valence-electron chi connectivity index (χ3n) is 4.05. The van der Waals surface area contributed by atoms with Gasteiger partial charge in [-0.2, -0.15) is 0 Å². The summed E-state index contributed by atoms with van der Waals surface area (Å²) in [5.74, 6) is 1.19. The quantitative estimate of drug-likeness (QED) is 0.807. The van der Waals surface area contributed by atoms with Gasteiger partial charge in [0.05, 0.1) is 25.1 Å². The molecule has 1 N–H and O–H groups in total. The average molecular weight is 401 g/mol. The Morgan fingerprint density at radius 2 is 1.89 bits per heavy atom. The molecule has 3 rings (SSSR count). The smallest absolute Gasteiger partial charge is 0.412 e. The lowest BCUT2D eigenvalue weighted by molar-refractivity contribution is -0.116. The van der Waals surface area contributed by atoms with Crippen molar-refractivity contribution in [1.29, 1.82) is 0 Å². The van der Waals surface area contributed by atoms with Crippen molar-refractivity contribution in [1.82, 2.24) is 0 Å². The molecule has 28 heavy (non-hydrogen) atoms. The van der Waals surface area contributed by atoms with Gasteiger partial charge in [-0.3, -0.25) is 10.1 Å². The molecule has 148 valence electrons. The zero-order chi connectivity index (χ0) is 20.3. The van der Waals surface area contributed by atoms with Gasteiger partial charge in [-0.05, 0) is 56.7 Å². The molecule has 1 aliphatic rings. The van der Waals surface area contributed by atoms with Crippen LogP contribution in [0.2, 0.25) is 0 Å². The minimum absolute atomic E-state index is 0.0303. The molecule has 0 aliphatic carbocycles. The molecule has 1 aliphatic heterocycles. The highest BCUT2D eigenvalue weighted by molar-refractivity contribution is 8.00. The maximum atomic E-state index is 12.6. The van der Waals surface area contributed by atoms with E-state index < -0.39 is 11.7 Å². The fourth-order valence-electron chi connectivity index (χ4n) is 2.79. The van der Waals surface area contributed by atoms with E-state index in [1.165, 1.54) is 11.8 Å². The van der Waals surface area contributed by atoms with Gasteiger partial charge < -0.3 is 14.4 Å². The number of carbonyl (C=O) groups is 2. The molecule has 0 fully saturated rings. The van der Waals surface area contributed by atoms with E-state index in [0.717, 1.165) is 21.9 Å². The molecular weight excluding hydrogens is 376 g/mol. The molecular formula is C21H24N2O4S. The van der Waals surface area contributed by atoms with E-state index in [4.69, 9.17) is 9.47 Å². The van der Waals surface area contributed by atoms with E-state index in [9.17, 15) is 9.59 Å². The summed E-state index contributed by atoms with van der Waals surface area (Å²) in [6.45, 7) is 5.88. The number of anilines is 2. The predicted octanol–water partition coefficient (Wildman–Crippen LogP) is 4.68. The molecule has 2 amide bonds. The lowest BCUT2D eigenvalue weighted by atomic mass is 10.1. The molecule has 0 bridgehead atoms. The Balaban J connectivity index is 1.82. The Bertz CT molecular complexity index is 875. The number of hydrogen-bond acceptors (Lipinski definition) is 5. The van der Waals surface area contributed by atoms with Gasteiger partial charge in [-0.1, -0.05) is 12.1 Å². The predicted molar refractivity (Wildman–Crippen MR) is 111 cm³/mol. The van der Waals surface area contributed by atoms with Crippen LogP contribution < -0.4 is 15.0 Å². The van der Waals surface area contributed by atoms with Crippen molar-refractivity contribution in [3.63, 3.8) is 0 Å². The second-order valence-electron chi connectivity index (χ2n) is 7.43. The standard InChI is InChI=1S/C21H24N2O4S/c1-21(2,3)27-20(25)22-15-7-10-18-17(11-15)23(19(24)13-28-18)12-14-5-8-16(26-4)9-6-14/h5-11H,12-13H2,1-4H3,(H,22,25). The van der Waals surface area contributed by atoms with Crippen LogP contribution in [0.15, 0.2) is 47.4 Å². The Morgan fingerprint density at radius 1 is 1.18 bits per heavy atom. The summed E-state index contributed by atoms with van der Waals surface area (Å²) >= 11 is 1.50. The number of benzene rings is 2. The molecule has 0 atom stereocenters. The van der Waals surface area contributed by atoms with Crippen LogP contribution in [0.5, 0.6) is 5.75 Å². The van der Waals surface area contributed by atoms with Crippen molar-refractivity contribution in [2.24, 2.45) is 0 Å². The molecule has 0 spiro atoms. The van der Waals surface area contributed by atoms with Gasteiger partial charge in [0, 0.05) is 10.6 Å². The molecule has 0 unspecified atom stereocenters. The van der Waals surface area contributed by atoms with E-state index in [-0.39, 0.29) is 5.91 Å². The third-order valence-corrected chi connectivity index (χ3v) is 5.09. The molecule has 7 heteroatoms. The number of amides is 2. The second-order valence-corrected chi connectivity index (χ2v) is 8.44. The normalized spacial score (nSPS) is 13.7. The summed E-state index contributed by atoms with van der Waals surface area (Å²) in [5, 5.41) is 2.74.